The molecule has 2 aliphatic heterocycles. The molecule has 0 saturated heterocycles. The van der Waals surface area contributed by atoms with Crippen molar-refractivity contribution in [1.29, 1.82) is 0 Å². The molecule has 0 aromatic rings. The van der Waals surface area contributed by atoms with Gasteiger partial charge >= 0.3 is 0 Å². The van der Waals surface area contributed by atoms with E-state index in [1.165, 1.54) is 12.4 Å². The molecule has 0 fully saturated rings. The van der Waals surface area contributed by atoms with Crippen LogP contribution in [0.4, 0.5) is 0 Å². The first-order valence-electron chi connectivity index (χ1n) is 4.76. The zero-order valence-corrected chi connectivity index (χ0v) is 9.89. The second-order valence-corrected chi connectivity index (χ2v) is 2.91. The number of aliphatic hydroxyl groups excluding tert-OH is 2. The van der Waals surface area contributed by atoms with Crippen molar-refractivity contribution in [2.45, 2.75) is 0 Å². The standard InChI is InChI=1S/2C6H7NO.ClH/c2*8-6-3-1-2-4-7-5-6;/h2*1-5,7-8H;1H. The molecule has 0 amide bonds. The molecule has 92 valence electrons. The molecule has 4 nitrogen and oxygen atoms in total. The molecule has 0 aliphatic carbocycles. The molecule has 2 aliphatic rings. The Labute approximate surface area is 106 Å². The molecule has 5 heteroatoms. The van der Waals surface area contributed by atoms with Crippen LogP contribution in [0.3, 0.4) is 0 Å². The van der Waals surface area contributed by atoms with Gasteiger partial charge in [-0.1, -0.05) is 12.2 Å². The SMILES string of the molecule is Cl.OC1=CNC=CC=C1.OC1=CNC=CC=C1. The summed E-state index contributed by atoms with van der Waals surface area (Å²) in [5, 5.41) is 23.0. The van der Waals surface area contributed by atoms with Crippen molar-refractivity contribution in [2.24, 2.45) is 0 Å². The van der Waals surface area contributed by atoms with E-state index in [0.29, 0.717) is 0 Å². The van der Waals surface area contributed by atoms with E-state index in [9.17, 15) is 0 Å². The summed E-state index contributed by atoms with van der Waals surface area (Å²) in [6, 6.07) is 0. The molecular formula is C12H15ClN2O2. The molecular weight excluding hydrogens is 240 g/mol. The molecule has 0 unspecified atom stereocenters. The lowest BCUT2D eigenvalue weighted by Crippen LogP contribution is -1.91. The number of halogens is 1. The number of rotatable bonds is 0. The fraction of sp³-hybridized carbons (Fsp3) is 0. The Morgan fingerprint density at radius 1 is 0.706 bits per heavy atom. The zero-order chi connectivity index (χ0) is 11.6. The minimum absolute atomic E-state index is 0. The van der Waals surface area contributed by atoms with Crippen LogP contribution in [0.25, 0.3) is 0 Å². The minimum atomic E-state index is 0. The number of allylic oxidation sites excluding steroid dienone is 6. The Morgan fingerprint density at radius 3 is 1.53 bits per heavy atom. The van der Waals surface area contributed by atoms with Gasteiger partial charge in [-0.2, -0.15) is 0 Å². The van der Waals surface area contributed by atoms with Crippen LogP contribution in [-0.2, 0) is 0 Å². The maximum atomic E-state index is 8.76. The van der Waals surface area contributed by atoms with Crippen LogP contribution in [-0.4, -0.2) is 10.2 Å². The number of nitrogens with one attached hydrogen (secondary N) is 2. The van der Waals surface area contributed by atoms with Crippen molar-refractivity contribution in [3.63, 3.8) is 0 Å². The van der Waals surface area contributed by atoms with Crippen molar-refractivity contribution in [3.05, 3.63) is 72.8 Å². The van der Waals surface area contributed by atoms with E-state index in [2.05, 4.69) is 10.6 Å². The highest BCUT2D eigenvalue weighted by Gasteiger charge is 1.83. The number of hydrogen-bond donors (Lipinski definition) is 4. The average Bonchev–Trinajstić information content (AvgIpc) is 2.64. The molecule has 0 bridgehead atoms. The van der Waals surface area contributed by atoms with Crippen molar-refractivity contribution in [2.75, 3.05) is 0 Å². The van der Waals surface area contributed by atoms with Gasteiger partial charge in [0, 0.05) is 24.8 Å². The highest BCUT2D eigenvalue weighted by atomic mass is 35.5. The molecule has 17 heavy (non-hydrogen) atoms. The molecule has 2 heterocycles. The largest absolute Gasteiger partial charge is 0.506 e. The van der Waals surface area contributed by atoms with Crippen LogP contribution in [0.15, 0.2) is 72.8 Å². The van der Waals surface area contributed by atoms with E-state index < -0.39 is 0 Å². The molecule has 0 saturated carbocycles. The van der Waals surface area contributed by atoms with E-state index >= 15 is 0 Å². The quantitative estimate of drug-likeness (QED) is 0.536. The summed E-state index contributed by atoms with van der Waals surface area (Å²) in [6.45, 7) is 0. The van der Waals surface area contributed by atoms with Gasteiger partial charge in [0.1, 0.15) is 11.5 Å². The Hall–Kier alpha value is -2.07. The summed E-state index contributed by atoms with van der Waals surface area (Å²) in [5.74, 6) is 0.491. The van der Waals surface area contributed by atoms with E-state index in [4.69, 9.17) is 10.2 Å². The summed E-state index contributed by atoms with van der Waals surface area (Å²) in [6.07, 6.45) is 16.8. The Kier molecular flexibility index (Phi) is 8.06. The van der Waals surface area contributed by atoms with Gasteiger partial charge in [-0.15, -0.1) is 12.4 Å². The van der Waals surface area contributed by atoms with Crippen LogP contribution < -0.4 is 10.6 Å². The van der Waals surface area contributed by atoms with Gasteiger partial charge in [-0.3, -0.25) is 0 Å². The third-order valence-corrected chi connectivity index (χ3v) is 1.60. The topological polar surface area (TPSA) is 64.5 Å². The number of aliphatic hydroxyl groups is 2. The molecule has 2 rings (SSSR count). The fourth-order valence-electron chi connectivity index (χ4n) is 0.894. The maximum absolute atomic E-state index is 8.76. The van der Waals surface area contributed by atoms with Gasteiger partial charge in [0.2, 0.25) is 0 Å². The monoisotopic (exact) mass is 254 g/mol. The predicted octanol–water partition coefficient (Wildman–Crippen LogP) is 2.54. The van der Waals surface area contributed by atoms with Gasteiger partial charge in [-0.05, 0) is 24.3 Å². The van der Waals surface area contributed by atoms with Crippen molar-refractivity contribution >= 4 is 12.4 Å². The predicted molar refractivity (Wildman–Crippen MR) is 71.5 cm³/mol. The second kappa shape index (κ2) is 9.18. The minimum Gasteiger partial charge on any atom is -0.506 e. The lowest BCUT2D eigenvalue weighted by atomic mass is 10.4. The van der Waals surface area contributed by atoms with Gasteiger partial charge in [0.15, 0.2) is 0 Å². The fourth-order valence-corrected chi connectivity index (χ4v) is 0.894. The average molecular weight is 255 g/mol. The van der Waals surface area contributed by atoms with Crippen LogP contribution in [0.1, 0.15) is 0 Å². The highest BCUT2D eigenvalue weighted by molar-refractivity contribution is 5.85. The first kappa shape index (κ1) is 14.9. The molecule has 4 N–H and O–H groups in total. The van der Waals surface area contributed by atoms with Crippen molar-refractivity contribution in [3.8, 4) is 0 Å². The molecule has 0 aromatic carbocycles. The normalized spacial score (nSPS) is 15.8. The Bertz CT molecular complexity index is 350. The van der Waals surface area contributed by atoms with Gasteiger partial charge in [0.05, 0.1) is 0 Å². The van der Waals surface area contributed by atoms with Gasteiger partial charge < -0.3 is 20.8 Å². The Morgan fingerprint density at radius 2 is 1.12 bits per heavy atom. The Balaban J connectivity index is 0.000000284. The third-order valence-electron chi connectivity index (χ3n) is 1.60. The van der Waals surface area contributed by atoms with E-state index in [-0.39, 0.29) is 23.9 Å². The van der Waals surface area contributed by atoms with Crippen LogP contribution in [0.5, 0.6) is 0 Å². The van der Waals surface area contributed by atoms with Crippen molar-refractivity contribution in [1.82, 2.24) is 10.6 Å². The molecule has 0 radical (unpaired) electrons. The lowest BCUT2D eigenvalue weighted by Gasteiger charge is -1.85. The highest BCUT2D eigenvalue weighted by Crippen LogP contribution is 1.92. The van der Waals surface area contributed by atoms with Gasteiger partial charge in [-0.25, -0.2) is 0 Å². The van der Waals surface area contributed by atoms with E-state index in [1.807, 2.05) is 0 Å². The third kappa shape index (κ3) is 7.81. The van der Waals surface area contributed by atoms with Crippen molar-refractivity contribution < 1.29 is 10.2 Å². The van der Waals surface area contributed by atoms with Gasteiger partial charge in [0.25, 0.3) is 0 Å². The van der Waals surface area contributed by atoms with Crippen LogP contribution in [0.2, 0.25) is 0 Å². The summed E-state index contributed by atoms with van der Waals surface area (Å²) in [4.78, 5) is 0. The number of hydrogen-bond acceptors (Lipinski definition) is 4. The summed E-state index contributed by atoms with van der Waals surface area (Å²) < 4.78 is 0. The molecule has 0 atom stereocenters. The summed E-state index contributed by atoms with van der Waals surface area (Å²) in [5.41, 5.74) is 0. The molecule has 0 spiro atoms. The summed E-state index contributed by atoms with van der Waals surface area (Å²) >= 11 is 0. The van der Waals surface area contributed by atoms with E-state index in [1.54, 1.807) is 48.9 Å². The smallest absolute Gasteiger partial charge is 0.131 e. The first-order valence-corrected chi connectivity index (χ1v) is 4.76. The maximum Gasteiger partial charge on any atom is 0.131 e. The lowest BCUT2D eigenvalue weighted by molar-refractivity contribution is 0.429. The first-order chi connectivity index (χ1) is 7.79. The zero-order valence-electron chi connectivity index (χ0n) is 9.08. The second-order valence-electron chi connectivity index (χ2n) is 2.91. The van der Waals surface area contributed by atoms with E-state index in [0.717, 1.165) is 0 Å². The summed E-state index contributed by atoms with van der Waals surface area (Å²) in [7, 11) is 0. The molecule has 0 aromatic heterocycles. The van der Waals surface area contributed by atoms with Crippen LogP contribution >= 0.6 is 12.4 Å². The van der Waals surface area contributed by atoms with Crippen LogP contribution in [0, 0.1) is 0 Å².